The van der Waals surface area contributed by atoms with E-state index in [4.69, 9.17) is 0 Å². The molecule has 5 rings (SSSR count). The largest absolute Gasteiger partial charge is 0.370 e. The van der Waals surface area contributed by atoms with Crippen LogP contribution in [0.4, 0.5) is 11.5 Å². The fourth-order valence-corrected chi connectivity index (χ4v) is 5.39. The number of rotatable bonds is 5. The zero-order chi connectivity index (χ0) is 16.7. The minimum absolute atomic E-state index is 0.567. The Balaban J connectivity index is 1.36. The lowest BCUT2D eigenvalue weighted by molar-refractivity contribution is -0.100. The average molecular weight is 329 g/mol. The molecule has 4 aliphatic rings. The van der Waals surface area contributed by atoms with Crippen LogP contribution in [0, 0.1) is 23.2 Å². The summed E-state index contributed by atoms with van der Waals surface area (Å²) in [6.45, 7) is 8.26. The third kappa shape index (κ3) is 2.79. The second kappa shape index (κ2) is 6.21. The van der Waals surface area contributed by atoms with E-state index >= 15 is 0 Å². The van der Waals surface area contributed by atoms with E-state index in [9.17, 15) is 0 Å². The van der Waals surface area contributed by atoms with Gasteiger partial charge in [0.1, 0.15) is 5.82 Å². The highest BCUT2D eigenvalue weighted by atomic mass is 15.2. The standard InChI is InChI=1S/C20H32N4/c1-20(2)15-5-4-14(18(20)10-15)12-23-19-11-17(6-8-22-19)24-9-7-16(13-24)21-3/h6,8,11,14-16,18,21H,4-5,7,9-10,12-13H2,1-3H3,(H,22,23)/t14-,15+,16-,18+/m1/s1. The first-order valence-corrected chi connectivity index (χ1v) is 9.70. The summed E-state index contributed by atoms with van der Waals surface area (Å²) < 4.78 is 0. The Morgan fingerprint density at radius 3 is 2.88 bits per heavy atom. The number of aromatic nitrogens is 1. The predicted octanol–water partition coefficient (Wildman–Crippen LogP) is 3.36. The van der Waals surface area contributed by atoms with Crippen molar-refractivity contribution in [2.75, 3.05) is 36.9 Å². The summed E-state index contributed by atoms with van der Waals surface area (Å²) in [4.78, 5) is 7.02. The lowest BCUT2D eigenvalue weighted by Crippen LogP contribution is -2.53. The molecule has 24 heavy (non-hydrogen) atoms. The lowest BCUT2D eigenvalue weighted by Gasteiger charge is -2.60. The number of likely N-dealkylation sites (N-methyl/N-ethyl adjacent to an activating group) is 1. The number of pyridine rings is 1. The molecule has 0 aromatic carbocycles. The van der Waals surface area contributed by atoms with Crippen molar-refractivity contribution in [2.24, 2.45) is 23.2 Å². The summed E-state index contributed by atoms with van der Waals surface area (Å²) in [5.74, 6) is 3.74. The zero-order valence-corrected chi connectivity index (χ0v) is 15.4. The first kappa shape index (κ1) is 16.2. The Bertz CT molecular complexity index is 583. The van der Waals surface area contributed by atoms with Crippen molar-refractivity contribution in [1.29, 1.82) is 0 Å². The minimum atomic E-state index is 0.567. The minimum Gasteiger partial charge on any atom is -0.370 e. The normalized spacial score (nSPS) is 34.0. The summed E-state index contributed by atoms with van der Waals surface area (Å²) in [6.07, 6.45) is 7.44. The first-order valence-electron chi connectivity index (χ1n) is 9.70. The fraction of sp³-hybridized carbons (Fsp3) is 0.750. The molecule has 0 radical (unpaired) electrons. The molecule has 0 amide bonds. The van der Waals surface area contributed by atoms with E-state index in [0.717, 1.165) is 43.2 Å². The average Bonchev–Trinajstić information content (AvgIpc) is 3.09. The van der Waals surface area contributed by atoms with E-state index in [0.29, 0.717) is 11.5 Å². The third-order valence-electron chi connectivity index (χ3n) is 7.25. The highest BCUT2D eigenvalue weighted by Crippen LogP contribution is 2.61. The molecule has 0 unspecified atom stereocenters. The van der Waals surface area contributed by atoms with E-state index in [1.54, 1.807) is 0 Å². The van der Waals surface area contributed by atoms with Crippen LogP contribution in [0.15, 0.2) is 18.3 Å². The Morgan fingerprint density at radius 2 is 2.17 bits per heavy atom. The molecule has 3 aliphatic carbocycles. The molecule has 4 fully saturated rings. The van der Waals surface area contributed by atoms with Gasteiger partial charge in [0.2, 0.25) is 0 Å². The van der Waals surface area contributed by atoms with Crippen molar-refractivity contribution in [1.82, 2.24) is 10.3 Å². The van der Waals surface area contributed by atoms with Crippen LogP contribution in [0.1, 0.15) is 39.5 Å². The van der Waals surface area contributed by atoms with Crippen molar-refractivity contribution in [3.63, 3.8) is 0 Å². The molecular weight excluding hydrogens is 296 g/mol. The van der Waals surface area contributed by atoms with Crippen LogP contribution in [0.5, 0.6) is 0 Å². The van der Waals surface area contributed by atoms with Gasteiger partial charge in [0.15, 0.2) is 0 Å². The number of fused-ring (bicyclic) bond motifs is 2. The van der Waals surface area contributed by atoms with Gasteiger partial charge < -0.3 is 15.5 Å². The van der Waals surface area contributed by atoms with Crippen LogP contribution in [-0.4, -0.2) is 37.7 Å². The van der Waals surface area contributed by atoms with Crippen LogP contribution >= 0.6 is 0 Å². The Morgan fingerprint density at radius 1 is 1.29 bits per heavy atom. The van der Waals surface area contributed by atoms with E-state index in [1.807, 2.05) is 6.20 Å². The quantitative estimate of drug-likeness (QED) is 0.869. The van der Waals surface area contributed by atoms with Crippen LogP contribution in [0.25, 0.3) is 0 Å². The molecule has 4 nitrogen and oxygen atoms in total. The maximum Gasteiger partial charge on any atom is 0.127 e. The van der Waals surface area contributed by atoms with Gasteiger partial charge in [-0.25, -0.2) is 4.98 Å². The molecule has 2 N–H and O–H groups in total. The molecule has 132 valence electrons. The number of anilines is 2. The third-order valence-corrected chi connectivity index (χ3v) is 7.25. The first-order chi connectivity index (χ1) is 11.6. The molecule has 1 aliphatic heterocycles. The molecular formula is C20H32N4. The van der Waals surface area contributed by atoms with Crippen LogP contribution in [-0.2, 0) is 0 Å². The smallest absolute Gasteiger partial charge is 0.127 e. The van der Waals surface area contributed by atoms with E-state index < -0.39 is 0 Å². The molecule has 1 aromatic rings. The SMILES string of the molecule is CN[C@@H]1CCN(c2ccnc(NC[C@H]3CC[C@H]4C[C@@H]3C4(C)C)c2)C1. The number of nitrogens with one attached hydrogen (secondary N) is 2. The Kier molecular flexibility index (Phi) is 4.19. The molecule has 2 heterocycles. The van der Waals surface area contributed by atoms with Crippen molar-refractivity contribution in [3.05, 3.63) is 18.3 Å². The highest BCUT2D eigenvalue weighted by molar-refractivity contribution is 5.54. The molecule has 1 aromatic heterocycles. The fourth-order valence-electron chi connectivity index (χ4n) is 5.39. The monoisotopic (exact) mass is 328 g/mol. The second-order valence-electron chi connectivity index (χ2n) is 8.70. The second-order valence-corrected chi connectivity index (χ2v) is 8.70. The van der Waals surface area contributed by atoms with E-state index in [1.165, 1.54) is 31.4 Å². The maximum atomic E-state index is 4.56. The van der Waals surface area contributed by atoms with Crippen LogP contribution < -0.4 is 15.5 Å². The van der Waals surface area contributed by atoms with Gasteiger partial charge in [-0.05, 0) is 62.0 Å². The lowest BCUT2D eigenvalue weighted by atomic mass is 9.45. The van der Waals surface area contributed by atoms with Crippen LogP contribution in [0.2, 0.25) is 0 Å². The molecule has 3 saturated carbocycles. The van der Waals surface area contributed by atoms with Gasteiger partial charge in [0, 0.05) is 43.6 Å². The maximum absolute atomic E-state index is 4.56. The summed E-state index contributed by atoms with van der Waals surface area (Å²) in [5, 5.41) is 7.03. The molecule has 0 spiro atoms. The van der Waals surface area contributed by atoms with Crippen molar-refractivity contribution >= 4 is 11.5 Å². The van der Waals surface area contributed by atoms with Gasteiger partial charge in [-0.3, -0.25) is 0 Å². The Labute approximate surface area is 146 Å². The predicted molar refractivity (Wildman–Crippen MR) is 101 cm³/mol. The summed E-state index contributed by atoms with van der Waals surface area (Å²) in [7, 11) is 2.06. The van der Waals surface area contributed by atoms with Crippen LogP contribution in [0.3, 0.4) is 0 Å². The van der Waals surface area contributed by atoms with Gasteiger partial charge in [-0.15, -0.1) is 0 Å². The molecule has 2 bridgehead atoms. The number of hydrogen-bond acceptors (Lipinski definition) is 4. The topological polar surface area (TPSA) is 40.2 Å². The van der Waals surface area contributed by atoms with Gasteiger partial charge in [-0.1, -0.05) is 13.8 Å². The van der Waals surface area contributed by atoms with Gasteiger partial charge in [0.25, 0.3) is 0 Å². The van der Waals surface area contributed by atoms with E-state index in [-0.39, 0.29) is 0 Å². The zero-order valence-electron chi connectivity index (χ0n) is 15.4. The van der Waals surface area contributed by atoms with E-state index in [2.05, 4.69) is 53.5 Å². The van der Waals surface area contributed by atoms with Gasteiger partial charge >= 0.3 is 0 Å². The van der Waals surface area contributed by atoms with Crippen molar-refractivity contribution < 1.29 is 0 Å². The molecule has 1 saturated heterocycles. The van der Waals surface area contributed by atoms with Crippen molar-refractivity contribution in [2.45, 2.75) is 45.6 Å². The number of nitrogens with zero attached hydrogens (tertiary/aromatic N) is 2. The Hall–Kier alpha value is -1.29. The molecule has 4 atom stereocenters. The highest BCUT2D eigenvalue weighted by Gasteiger charge is 2.53. The van der Waals surface area contributed by atoms with Gasteiger partial charge in [-0.2, -0.15) is 0 Å². The number of hydrogen-bond donors (Lipinski definition) is 2. The summed E-state index contributed by atoms with van der Waals surface area (Å²) in [6, 6.07) is 4.99. The van der Waals surface area contributed by atoms with Gasteiger partial charge in [0.05, 0.1) is 0 Å². The summed E-state index contributed by atoms with van der Waals surface area (Å²) in [5.41, 5.74) is 1.87. The summed E-state index contributed by atoms with van der Waals surface area (Å²) >= 11 is 0. The molecule has 4 heteroatoms. The van der Waals surface area contributed by atoms with Crippen molar-refractivity contribution in [3.8, 4) is 0 Å².